The standard InChI is InChI=1S/C14H12N2O4/c15-5-1-3-7(17)11-9(5)13(19)12-8(18)4-2-6(16)10(12)14(11)20/h1,3,16-17,19-20H,2,4,15H2. The van der Waals surface area contributed by atoms with Crippen LogP contribution in [0.1, 0.15) is 28.8 Å². The number of phenolic OH excluding ortho intramolecular Hbond substituents is 3. The molecule has 6 N–H and O–H groups in total. The van der Waals surface area contributed by atoms with E-state index in [0.29, 0.717) is 0 Å². The summed E-state index contributed by atoms with van der Waals surface area (Å²) in [6, 6.07) is 2.67. The smallest absolute Gasteiger partial charge is 0.167 e. The monoisotopic (exact) mass is 272 g/mol. The number of rotatable bonds is 0. The number of benzene rings is 2. The molecule has 1 aliphatic rings. The molecule has 0 saturated carbocycles. The Kier molecular flexibility index (Phi) is 2.37. The summed E-state index contributed by atoms with van der Waals surface area (Å²) in [5, 5.41) is 38.3. The Balaban J connectivity index is 2.61. The highest BCUT2D eigenvalue weighted by molar-refractivity contribution is 6.23. The molecular formula is C14H12N2O4. The lowest BCUT2D eigenvalue weighted by Crippen LogP contribution is -2.17. The molecule has 0 spiro atoms. The molecule has 0 unspecified atom stereocenters. The SMILES string of the molecule is N=C1CCC(=O)c2c1c(O)c1c(O)ccc(N)c1c2O. The highest BCUT2D eigenvalue weighted by atomic mass is 16.3. The minimum Gasteiger partial charge on any atom is -0.507 e. The molecule has 0 radical (unpaired) electrons. The third-order valence-electron chi connectivity index (χ3n) is 3.60. The zero-order valence-electron chi connectivity index (χ0n) is 10.4. The van der Waals surface area contributed by atoms with Crippen LogP contribution in [0.25, 0.3) is 10.8 Å². The quantitative estimate of drug-likeness (QED) is 0.369. The highest BCUT2D eigenvalue weighted by Gasteiger charge is 2.31. The Hall–Kier alpha value is -2.76. The number of carbonyl (C=O) groups excluding carboxylic acids is 1. The number of nitrogens with one attached hydrogen (secondary N) is 1. The summed E-state index contributed by atoms with van der Waals surface area (Å²) in [4.78, 5) is 12.0. The number of hydrogen-bond acceptors (Lipinski definition) is 6. The number of phenols is 3. The number of hydrogen-bond donors (Lipinski definition) is 5. The van der Waals surface area contributed by atoms with Crippen molar-refractivity contribution in [3.8, 4) is 17.2 Å². The highest BCUT2D eigenvalue weighted by Crippen LogP contribution is 2.47. The molecule has 0 heterocycles. The number of Topliss-reactive ketones (excluding diaryl/α,β-unsaturated/α-hetero) is 1. The van der Waals surface area contributed by atoms with Gasteiger partial charge in [0.25, 0.3) is 0 Å². The van der Waals surface area contributed by atoms with Crippen LogP contribution in [0.15, 0.2) is 12.1 Å². The molecule has 2 aromatic carbocycles. The van der Waals surface area contributed by atoms with Gasteiger partial charge in [0.15, 0.2) is 5.78 Å². The molecule has 0 saturated heterocycles. The second kappa shape index (κ2) is 3.86. The van der Waals surface area contributed by atoms with Gasteiger partial charge in [0.05, 0.1) is 21.9 Å². The number of anilines is 1. The molecule has 0 fully saturated rings. The van der Waals surface area contributed by atoms with Crippen LogP contribution in [0.5, 0.6) is 17.2 Å². The number of ketones is 1. The minimum absolute atomic E-state index is 0.0212. The van der Waals surface area contributed by atoms with Crippen LogP contribution >= 0.6 is 0 Å². The van der Waals surface area contributed by atoms with E-state index in [2.05, 4.69) is 0 Å². The topological polar surface area (TPSA) is 128 Å². The van der Waals surface area contributed by atoms with Crippen molar-refractivity contribution in [1.82, 2.24) is 0 Å². The summed E-state index contributed by atoms with van der Waals surface area (Å²) in [6.07, 6.45) is 0.288. The summed E-state index contributed by atoms with van der Waals surface area (Å²) in [6.45, 7) is 0. The first kappa shape index (κ1) is 12.3. The van der Waals surface area contributed by atoms with Crippen molar-refractivity contribution < 1.29 is 20.1 Å². The van der Waals surface area contributed by atoms with Crippen molar-refractivity contribution in [2.75, 3.05) is 5.73 Å². The summed E-state index contributed by atoms with van der Waals surface area (Å²) in [5.41, 5.74) is 5.84. The van der Waals surface area contributed by atoms with Crippen LogP contribution in [0.4, 0.5) is 5.69 Å². The number of nitrogen functional groups attached to an aromatic ring is 1. The molecule has 0 atom stereocenters. The third kappa shape index (κ3) is 1.38. The van der Waals surface area contributed by atoms with Crippen molar-refractivity contribution in [3.63, 3.8) is 0 Å². The van der Waals surface area contributed by atoms with Crippen molar-refractivity contribution >= 4 is 28.0 Å². The van der Waals surface area contributed by atoms with Gasteiger partial charge in [0, 0.05) is 17.8 Å². The molecule has 1 aliphatic carbocycles. The average Bonchev–Trinajstić information content (AvgIpc) is 2.41. The zero-order valence-corrected chi connectivity index (χ0v) is 10.4. The summed E-state index contributed by atoms with van der Waals surface area (Å²) in [5.74, 6) is -1.41. The Labute approximate surface area is 113 Å². The Morgan fingerprint density at radius 3 is 2.35 bits per heavy atom. The largest absolute Gasteiger partial charge is 0.507 e. The third-order valence-corrected chi connectivity index (χ3v) is 3.60. The summed E-state index contributed by atoms with van der Waals surface area (Å²) >= 11 is 0. The van der Waals surface area contributed by atoms with E-state index < -0.39 is 11.5 Å². The van der Waals surface area contributed by atoms with Gasteiger partial charge < -0.3 is 26.5 Å². The number of aromatic hydroxyl groups is 3. The minimum atomic E-state index is -0.393. The lowest BCUT2D eigenvalue weighted by Gasteiger charge is -2.21. The number of fused-ring (bicyclic) bond motifs is 2. The van der Waals surface area contributed by atoms with E-state index in [9.17, 15) is 20.1 Å². The molecule has 0 aromatic heterocycles. The normalized spacial score (nSPS) is 14.6. The van der Waals surface area contributed by atoms with Gasteiger partial charge in [-0.1, -0.05) is 0 Å². The zero-order chi connectivity index (χ0) is 14.6. The number of carbonyl (C=O) groups is 1. The Bertz CT molecular complexity index is 729. The van der Waals surface area contributed by atoms with Gasteiger partial charge in [0.2, 0.25) is 0 Å². The average molecular weight is 272 g/mol. The van der Waals surface area contributed by atoms with Gasteiger partial charge in [0.1, 0.15) is 17.2 Å². The fourth-order valence-corrected chi connectivity index (χ4v) is 2.64. The van der Waals surface area contributed by atoms with E-state index in [0.717, 1.165) is 0 Å². The maximum atomic E-state index is 12.0. The summed E-state index contributed by atoms with van der Waals surface area (Å²) < 4.78 is 0. The van der Waals surface area contributed by atoms with Crippen LogP contribution in [-0.2, 0) is 0 Å². The molecule has 6 nitrogen and oxygen atoms in total. The molecule has 6 heteroatoms. The lowest BCUT2D eigenvalue weighted by atomic mass is 9.84. The fourth-order valence-electron chi connectivity index (χ4n) is 2.64. The van der Waals surface area contributed by atoms with Crippen LogP contribution in [0.2, 0.25) is 0 Å². The first-order valence-corrected chi connectivity index (χ1v) is 6.03. The van der Waals surface area contributed by atoms with Gasteiger partial charge in [-0.15, -0.1) is 0 Å². The van der Waals surface area contributed by atoms with Crippen LogP contribution in [-0.4, -0.2) is 26.8 Å². The van der Waals surface area contributed by atoms with E-state index >= 15 is 0 Å². The van der Waals surface area contributed by atoms with Crippen molar-refractivity contribution in [2.45, 2.75) is 12.8 Å². The van der Waals surface area contributed by atoms with Crippen molar-refractivity contribution in [3.05, 3.63) is 23.3 Å². The fraction of sp³-hybridized carbons (Fsp3) is 0.143. The molecule has 20 heavy (non-hydrogen) atoms. The van der Waals surface area contributed by atoms with E-state index in [1.54, 1.807) is 0 Å². The maximum Gasteiger partial charge on any atom is 0.167 e. The number of nitrogens with two attached hydrogens (primary N) is 1. The van der Waals surface area contributed by atoms with Crippen molar-refractivity contribution in [2.24, 2.45) is 0 Å². The van der Waals surface area contributed by atoms with E-state index in [1.165, 1.54) is 12.1 Å². The molecule has 0 amide bonds. The lowest BCUT2D eigenvalue weighted by molar-refractivity contribution is 0.0979. The molecule has 0 aliphatic heterocycles. The molecule has 3 rings (SSSR count). The van der Waals surface area contributed by atoms with E-state index in [4.69, 9.17) is 11.1 Å². The van der Waals surface area contributed by atoms with Gasteiger partial charge in [-0.05, 0) is 18.6 Å². The molecular weight excluding hydrogens is 260 g/mol. The van der Waals surface area contributed by atoms with Gasteiger partial charge in [-0.2, -0.15) is 0 Å². The molecule has 2 aromatic rings. The predicted molar refractivity (Wildman–Crippen MR) is 73.7 cm³/mol. The van der Waals surface area contributed by atoms with Crippen LogP contribution in [0, 0.1) is 5.41 Å². The van der Waals surface area contributed by atoms with Gasteiger partial charge >= 0.3 is 0 Å². The van der Waals surface area contributed by atoms with Crippen molar-refractivity contribution in [1.29, 1.82) is 5.41 Å². The van der Waals surface area contributed by atoms with Gasteiger partial charge in [-0.25, -0.2) is 0 Å². The Morgan fingerprint density at radius 2 is 1.65 bits per heavy atom. The first-order valence-electron chi connectivity index (χ1n) is 6.03. The second-order valence-corrected chi connectivity index (χ2v) is 4.77. The first-order chi connectivity index (χ1) is 9.43. The van der Waals surface area contributed by atoms with Crippen LogP contribution < -0.4 is 5.73 Å². The van der Waals surface area contributed by atoms with E-state index in [-0.39, 0.29) is 57.7 Å². The Morgan fingerprint density at radius 1 is 1.00 bits per heavy atom. The predicted octanol–water partition coefficient (Wildman–Crippen LogP) is 1.88. The maximum absolute atomic E-state index is 12.0. The second-order valence-electron chi connectivity index (χ2n) is 4.77. The summed E-state index contributed by atoms with van der Waals surface area (Å²) in [7, 11) is 0. The van der Waals surface area contributed by atoms with E-state index in [1.807, 2.05) is 0 Å². The molecule has 102 valence electrons. The molecule has 0 bridgehead atoms. The van der Waals surface area contributed by atoms with Gasteiger partial charge in [-0.3, -0.25) is 4.79 Å². The van der Waals surface area contributed by atoms with Crippen LogP contribution in [0.3, 0.4) is 0 Å².